The normalized spacial score (nSPS) is 19.6. The van der Waals surface area contributed by atoms with Gasteiger partial charge in [0.1, 0.15) is 12.4 Å². The molecule has 170 valence electrons. The first-order valence-corrected chi connectivity index (χ1v) is 12.7. The second-order valence-electron chi connectivity index (χ2n) is 8.44. The van der Waals surface area contributed by atoms with Crippen molar-refractivity contribution < 1.29 is 13.2 Å². The van der Waals surface area contributed by atoms with E-state index in [0.29, 0.717) is 13.0 Å². The summed E-state index contributed by atoms with van der Waals surface area (Å²) in [5.41, 5.74) is 4.27. The minimum absolute atomic E-state index is 0. The summed E-state index contributed by atoms with van der Waals surface area (Å²) in [5, 5.41) is 3.80. The molecule has 1 atom stereocenters. The van der Waals surface area contributed by atoms with E-state index < -0.39 is 10.0 Å². The van der Waals surface area contributed by atoms with Crippen LogP contribution in [0.25, 0.3) is 0 Å². The van der Waals surface area contributed by atoms with E-state index in [1.54, 1.807) is 0 Å². The van der Waals surface area contributed by atoms with Gasteiger partial charge in [-0.2, -0.15) is 0 Å². The average molecular weight is 465 g/mol. The van der Waals surface area contributed by atoms with E-state index in [1.165, 1.54) is 36.0 Å². The Morgan fingerprint density at radius 3 is 2.61 bits per heavy atom. The van der Waals surface area contributed by atoms with Gasteiger partial charge < -0.3 is 10.1 Å². The average Bonchev–Trinajstić information content (AvgIpc) is 2.71. The first-order valence-electron chi connectivity index (χ1n) is 11.1. The van der Waals surface area contributed by atoms with Crippen LogP contribution in [0.4, 0.5) is 0 Å². The summed E-state index contributed by atoms with van der Waals surface area (Å²) in [6.45, 7) is 3.46. The van der Waals surface area contributed by atoms with Crippen LogP contribution in [0.3, 0.4) is 0 Å². The van der Waals surface area contributed by atoms with Gasteiger partial charge in [-0.3, -0.25) is 0 Å². The van der Waals surface area contributed by atoms with Crippen molar-refractivity contribution in [2.24, 2.45) is 0 Å². The Hall–Kier alpha value is -1.60. The summed E-state index contributed by atoms with van der Waals surface area (Å²) in [7, 11) is -3.20. The third-order valence-corrected chi connectivity index (χ3v) is 8.07. The lowest BCUT2D eigenvalue weighted by atomic mass is 9.58. The molecule has 2 aliphatic rings. The van der Waals surface area contributed by atoms with Crippen LogP contribution in [-0.2, 0) is 21.9 Å². The number of nitrogens with one attached hydrogen (secondary N) is 2. The second-order valence-corrected chi connectivity index (χ2v) is 10.4. The van der Waals surface area contributed by atoms with Gasteiger partial charge in [-0.1, -0.05) is 49.7 Å². The molecule has 1 aliphatic carbocycles. The lowest BCUT2D eigenvalue weighted by molar-refractivity contribution is 0.164. The van der Waals surface area contributed by atoms with E-state index in [-0.39, 0.29) is 36.2 Å². The van der Waals surface area contributed by atoms with E-state index in [2.05, 4.69) is 52.5 Å². The molecule has 0 saturated heterocycles. The molecule has 1 saturated carbocycles. The van der Waals surface area contributed by atoms with Gasteiger partial charge in [0.05, 0.1) is 5.75 Å². The van der Waals surface area contributed by atoms with Gasteiger partial charge >= 0.3 is 0 Å². The number of hydrogen-bond donors (Lipinski definition) is 2. The molecule has 2 N–H and O–H groups in total. The van der Waals surface area contributed by atoms with E-state index in [9.17, 15) is 8.42 Å². The summed E-state index contributed by atoms with van der Waals surface area (Å²) in [5.74, 6) is 0.959. The maximum Gasteiger partial charge on any atom is 0.211 e. The number of rotatable bonds is 9. The number of halogens is 1. The van der Waals surface area contributed by atoms with Gasteiger partial charge in [-0.15, -0.1) is 12.4 Å². The molecule has 0 amide bonds. The standard InChI is InChI=1S/C24H32N2O3S.ClH/c1-2-17-30(27,28)26-15-16-29-21-10-9-19-11-14-25-23(22(19)18-21)24(12-6-13-24)20-7-4-3-5-8-20;/h3-5,7-10,18,23,25-26H,2,6,11-17H2,1H3;1H. The lowest BCUT2D eigenvalue weighted by Gasteiger charge is -2.50. The number of sulfonamides is 1. The minimum atomic E-state index is -3.20. The summed E-state index contributed by atoms with van der Waals surface area (Å²) < 4.78 is 32.1. The molecule has 31 heavy (non-hydrogen) atoms. The van der Waals surface area contributed by atoms with Gasteiger partial charge in [0.25, 0.3) is 0 Å². The lowest BCUT2D eigenvalue weighted by Crippen LogP contribution is -2.49. The molecule has 2 aromatic rings. The van der Waals surface area contributed by atoms with E-state index in [1.807, 2.05) is 13.0 Å². The van der Waals surface area contributed by atoms with Gasteiger partial charge in [0.15, 0.2) is 0 Å². The summed E-state index contributed by atoms with van der Waals surface area (Å²) in [4.78, 5) is 0. The minimum Gasteiger partial charge on any atom is -0.492 e. The molecular formula is C24H33ClN2O3S. The molecule has 2 aromatic carbocycles. The predicted molar refractivity (Wildman–Crippen MR) is 128 cm³/mol. The molecule has 1 heterocycles. The van der Waals surface area contributed by atoms with Gasteiger partial charge in [-0.25, -0.2) is 13.1 Å². The maximum absolute atomic E-state index is 11.8. The van der Waals surface area contributed by atoms with Crippen LogP contribution in [-0.4, -0.2) is 33.9 Å². The van der Waals surface area contributed by atoms with Crippen LogP contribution >= 0.6 is 12.4 Å². The molecule has 0 radical (unpaired) electrons. The highest BCUT2D eigenvalue weighted by molar-refractivity contribution is 7.89. The zero-order valence-corrected chi connectivity index (χ0v) is 19.7. The maximum atomic E-state index is 11.8. The van der Waals surface area contributed by atoms with Crippen molar-refractivity contribution in [3.05, 3.63) is 65.2 Å². The Morgan fingerprint density at radius 1 is 1.16 bits per heavy atom. The van der Waals surface area contributed by atoms with Crippen molar-refractivity contribution in [1.82, 2.24) is 10.0 Å². The van der Waals surface area contributed by atoms with Crippen LogP contribution in [0.1, 0.15) is 55.3 Å². The molecule has 4 rings (SSSR count). The Bertz CT molecular complexity index is 962. The van der Waals surface area contributed by atoms with Crippen LogP contribution in [0, 0.1) is 0 Å². The van der Waals surface area contributed by atoms with Crippen molar-refractivity contribution >= 4 is 22.4 Å². The Labute approximate surface area is 192 Å². The highest BCUT2D eigenvalue weighted by Gasteiger charge is 2.47. The Kier molecular flexibility index (Phi) is 8.03. The fourth-order valence-corrected chi connectivity index (χ4v) is 5.97. The molecular weight excluding hydrogens is 432 g/mol. The van der Waals surface area contributed by atoms with Gasteiger partial charge in [-0.05, 0) is 61.1 Å². The molecule has 1 unspecified atom stereocenters. The van der Waals surface area contributed by atoms with Crippen LogP contribution in [0.2, 0.25) is 0 Å². The zero-order valence-electron chi connectivity index (χ0n) is 18.1. The SMILES string of the molecule is CCCS(=O)(=O)NCCOc1ccc2c(c1)C(C1(c3ccccc3)CCC1)NCC2.Cl. The van der Waals surface area contributed by atoms with Crippen molar-refractivity contribution in [2.45, 2.75) is 50.5 Å². The molecule has 0 aromatic heterocycles. The fourth-order valence-electron chi connectivity index (χ4n) is 4.89. The van der Waals surface area contributed by atoms with Gasteiger partial charge in [0, 0.05) is 18.0 Å². The zero-order chi connectivity index (χ0) is 21.0. The van der Waals surface area contributed by atoms with Crippen molar-refractivity contribution in [2.75, 3.05) is 25.4 Å². The van der Waals surface area contributed by atoms with Crippen LogP contribution < -0.4 is 14.8 Å². The Balaban J connectivity index is 0.00000272. The number of ether oxygens (including phenoxy) is 1. The predicted octanol–water partition coefficient (Wildman–Crippen LogP) is 4.13. The molecule has 1 aliphatic heterocycles. The van der Waals surface area contributed by atoms with Gasteiger partial charge in [0.2, 0.25) is 10.0 Å². The second kappa shape index (κ2) is 10.3. The first-order chi connectivity index (χ1) is 14.5. The topological polar surface area (TPSA) is 67.4 Å². The van der Waals surface area contributed by atoms with Crippen LogP contribution in [0.15, 0.2) is 48.5 Å². The number of fused-ring (bicyclic) bond motifs is 1. The van der Waals surface area contributed by atoms with Crippen molar-refractivity contribution in [3.63, 3.8) is 0 Å². The van der Waals surface area contributed by atoms with Crippen molar-refractivity contribution in [1.29, 1.82) is 0 Å². The summed E-state index contributed by atoms with van der Waals surface area (Å²) >= 11 is 0. The van der Waals surface area contributed by atoms with E-state index in [0.717, 1.165) is 18.7 Å². The molecule has 1 fully saturated rings. The van der Waals surface area contributed by atoms with Crippen molar-refractivity contribution in [3.8, 4) is 5.75 Å². The highest BCUT2D eigenvalue weighted by atomic mass is 35.5. The molecule has 5 nitrogen and oxygen atoms in total. The monoisotopic (exact) mass is 464 g/mol. The first kappa shape index (κ1) is 24.1. The summed E-state index contributed by atoms with van der Waals surface area (Å²) in [6, 6.07) is 17.5. The number of benzene rings is 2. The third kappa shape index (κ3) is 5.25. The molecule has 0 spiro atoms. The summed E-state index contributed by atoms with van der Waals surface area (Å²) in [6.07, 6.45) is 5.28. The quantitative estimate of drug-likeness (QED) is 0.547. The molecule has 7 heteroatoms. The third-order valence-electron chi connectivity index (χ3n) is 6.48. The Morgan fingerprint density at radius 2 is 1.94 bits per heavy atom. The van der Waals surface area contributed by atoms with E-state index >= 15 is 0 Å². The number of hydrogen-bond acceptors (Lipinski definition) is 4. The van der Waals surface area contributed by atoms with E-state index in [4.69, 9.17) is 4.74 Å². The molecule has 0 bridgehead atoms. The highest BCUT2D eigenvalue weighted by Crippen LogP contribution is 2.53. The largest absolute Gasteiger partial charge is 0.492 e. The fraction of sp³-hybridized carbons (Fsp3) is 0.500. The smallest absolute Gasteiger partial charge is 0.211 e. The van der Waals surface area contributed by atoms with Crippen LogP contribution in [0.5, 0.6) is 5.75 Å².